The Labute approximate surface area is 141 Å². The van der Waals surface area contributed by atoms with Crippen LogP contribution in [0.25, 0.3) is 11.1 Å². The summed E-state index contributed by atoms with van der Waals surface area (Å²) >= 11 is 0. The minimum absolute atomic E-state index is 0.307. The number of carbonyl (C=O) groups is 2. The van der Waals surface area contributed by atoms with Gasteiger partial charge in [0.15, 0.2) is 0 Å². The van der Waals surface area contributed by atoms with Gasteiger partial charge in [-0.1, -0.05) is 61.7 Å². The topological polar surface area (TPSA) is 86.2 Å². The third-order valence-electron chi connectivity index (χ3n) is 3.85. The van der Waals surface area contributed by atoms with Crippen molar-refractivity contribution >= 4 is 11.8 Å². The molecule has 4 N–H and O–H groups in total. The fourth-order valence-electron chi connectivity index (χ4n) is 2.51. The normalized spacial score (nSPS) is 10.2. The van der Waals surface area contributed by atoms with Gasteiger partial charge in [0, 0.05) is 24.0 Å². The standard InChI is InChI=1S/C20H20N2O2/c1-13(19(21)23)11-16-9-6-10-17(15-7-4-3-5-8-15)18(16)12-14(2)20(22)24/h3-10H,1-2,11-12H2,(H2,21,23)(H2,22,24). The zero-order chi connectivity index (χ0) is 17.7. The Balaban J connectivity index is 2.54. The lowest BCUT2D eigenvalue weighted by Crippen LogP contribution is -2.17. The smallest absolute Gasteiger partial charge is 0.244 e. The third-order valence-corrected chi connectivity index (χ3v) is 3.85. The summed E-state index contributed by atoms with van der Waals surface area (Å²) in [7, 11) is 0. The van der Waals surface area contributed by atoms with Gasteiger partial charge in [-0.3, -0.25) is 9.59 Å². The Morgan fingerprint density at radius 1 is 0.792 bits per heavy atom. The van der Waals surface area contributed by atoms with Gasteiger partial charge in [-0.2, -0.15) is 0 Å². The second kappa shape index (κ2) is 7.42. The lowest BCUT2D eigenvalue weighted by molar-refractivity contribution is -0.115. The van der Waals surface area contributed by atoms with Crippen LogP contribution < -0.4 is 11.5 Å². The van der Waals surface area contributed by atoms with Gasteiger partial charge in [-0.05, 0) is 22.3 Å². The second-order valence-corrected chi connectivity index (χ2v) is 5.60. The van der Waals surface area contributed by atoms with Crippen LogP contribution in [0.3, 0.4) is 0 Å². The molecule has 0 unspecified atom stereocenters. The van der Waals surface area contributed by atoms with Gasteiger partial charge in [-0.25, -0.2) is 0 Å². The summed E-state index contributed by atoms with van der Waals surface area (Å²) in [6.07, 6.45) is 0.624. The molecule has 0 aliphatic carbocycles. The maximum Gasteiger partial charge on any atom is 0.244 e. The predicted molar refractivity (Wildman–Crippen MR) is 96.0 cm³/mol. The van der Waals surface area contributed by atoms with Crippen LogP contribution in [0.2, 0.25) is 0 Å². The maximum atomic E-state index is 11.4. The minimum atomic E-state index is -0.544. The molecule has 0 saturated heterocycles. The molecule has 2 aromatic carbocycles. The van der Waals surface area contributed by atoms with E-state index in [1.54, 1.807) is 0 Å². The van der Waals surface area contributed by atoms with Gasteiger partial charge >= 0.3 is 0 Å². The summed E-state index contributed by atoms with van der Waals surface area (Å²) in [6, 6.07) is 15.6. The van der Waals surface area contributed by atoms with Gasteiger partial charge < -0.3 is 11.5 Å². The second-order valence-electron chi connectivity index (χ2n) is 5.60. The Morgan fingerprint density at radius 2 is 1.38 bits per heavy atom. The van der Waals surface area contributed by atoms with Crippen molar-refractivity contribution in [3.05, 3.63) is 84.0 Å². The van der Waals surface area contributed by atoms with Crippen molar-refractivity contribution in [2.24, 2.45) is 11.5 Å². The molecule has 0 radical (unpaired) electrons. The Bertz CT molecular complexity index is 808. The number of carbonyl (C=O) groups excluding carboxylic acids is 2. The van der Waals surface area contributed by atoms with Gasteiger partial charge in [0.25, 0.3) is 0 Å². The van der Waals surface area contributed by atoms with Crippen LogP contribution in [0.15, 0.2) is 72.8 Å². The summed E-state index contributed by atoms with van der Waals surface area (Å²) in [4.78, 5) is 22.8. The molecule has 0 bridgehead atoms. The fraction of sp³-hybridized carbons (Fsp3) is 0.100. The molecule has 4 heteroatoms. The van der Waals surface area contributed by atoms with Crippen LogP contribution in [-0.2, 0) is 22.4 Å². The SMILES string of the molecule is C=C(Cc1cccc(-c2ccccc2)c1CC(=C)C(N)=O)C(N)=O. The molecule has 2 aromatic rings. The average Bonchev–Trinajstić information content (AvgIpc) is 2.56. The van der Waals surface area contributed by atoms with Crippen molar-refractivity contribution in [2.75, 3.05) is 0 Å². The molecule has 0 aliphatic heterocycles. The molecule has 0 saturated carbocycles. The zero-order valence-corrected chi connectivity index (χ0v) is 13.4. The zero-order valence-electron chi connectivity index (χ0n) is 13.4. The molecule has 2 rings (SSSR count). The fourth-order valence-corrected chi connectivity index (χ4v) is 2.51. The number of nitrogens with two attached hydrogens (primary N) is 2. The number of primary amides is 2. The van der Waals surface area contributed by atoms with Crippen LogP contribution >= 0.6 is 0 Å². The lowest BCUT2D eigenvalue weighted by Gasteiger charge is -2.16. The summed E-state index contributed by atoms with van der Waals surface area (Å²) in [6.45, 7) is 7.47. The van der Waals surface area contributed by atoms with Crippen molar-refractivity contribution in [1.29, 1.82) is 0 Å². The molecular weight excluding hydrogens is 300 g/mol. The van der Waals surface area contributed by atoms with Crippen LogP contribution in [-0.4, -0.2) is 11.8 Å². The molecular formula is C20H20N2O2. The van der Waals surface area contributed by atoms with E-state index >= 15 is 0 Å². The van der Waals surface area contributed by atoms with Gasteiger partial charge in [0.05, 0.1) is 0 Å². The van der Waals surface area contributed by atoms with Crippen molar-refractivity contribution in [3.63, 3.8) is 0 Å². The quantitative estimate of drug-likeness (QED) is 0.768. The highest BCUT2D eigenvalue weighted by Crippen LogP contribution is 2.29. The van der Waals surface area contributed by atoms with E-state index in [2.05, 4.69) is 13.2 Å². The Morgan fingerprint density at radius 3 is 1.96 bits per heavy atom. The van der Waals surface area contributed by atoms with E-state index in [-0.39, 0.29) is 0 Å². The number of hydrogen-bond acceptors (Lipinski definition) is 2. The predicted octanol–water partition coefficient (Wildman–Crippen LogP) is 2.52. The highest BCUT2D eigenvalue weighted by atomic mass is 16.1. The molecule has 24 heavy (non-hydrogen) atoms. The largest absolute Gasteiger partial charge is 0.366 e. The molecule has 0 spiro atoms. The highest BCUT2D eigenvalue weighted by molar-refractivity contribution is 5.93. The van der Waals surface area contributed by atoms with Crippen LogP contribution in [0.5, 0.6) is 0 Å². The summed E-state index contributed by atoms with van der Waals surface area (Å²) in [5.41, 5.74) is 15.0. The van der Waals surface area contributed by atoms with E-state index in [1.807, 2.05) is 48.5 Å². The summed E-state index contributed by atoms with van der Waals surface area (Å²) in [5.74, 6) is -1.09. The average molecular weight is 320 g/mol. The van der Waals surface area contributed by atoms with Gasteiger partial charge in [0.1, 0.15) is 0 Å². The molecule has 0 aliphatic rings. The first-order chi connectivity index (χ1) is 11.4. The maximum absolute atomic E-state index is 11.4. The first-order valence-corrected chi connectivity index (χ1v) is 7.51. The van der Waals surface area contributed by atoms with E-state index in [9.17, 15) is 9.59 Å². The van der Waals surface area contributed by atoms with Crippen LogP contribution in [0, 0.1) is 0 Å². The molecule has 0 heterocycles. The van der Waals surface area contributed by atoms with E-state index in [4.69, 9.17) is 11.5 Å². The number of benzene rings is 2. The first-order valence-electron chi connectivity index (χ1n) is 7.51. The Hall–Kier alpha value is -3.14. The van der Waals surface area contributed by atoms with Crippen molar-refractivity contribution < 1.29 is 9.59 Å². The van der Waals surface area contributed by atoms with E-state index in [0.29, 0.717) is 24.0 Å². The molecule has 0 aromatic heterocycles. The van der Waals surface area contributed by atoms with E-state index in [1.165, 1.54) is 0 Å². The summed E-state index contributed by atoms with van der Waals surface area (Å²) < 4.78 is 0. The van der Waals surface area contributed by atoms with Gasteiger partial charge in [-0.15, -0.1) is 0 Å². The summed E-state index contributed by atoms with van der Waals surface area (Å²) in [5, 5.41) is 0. The minimum Gasteiger partial charge on any atom is -0.366 e. The number of rotatable bonds is 7. The van der Waals surface area contributed by atoms with Crippen LogP contribution in [0.1, 0.15) is 11.1 Å². The number of hydrogen-bond donors (Lipinski definition) is 2. The molecule has 0 fully saturated rings. The van der Waals surface area contributed by atoms with Crippen molar-refractivity contribution in [3.8, 4) is 11.1 Å². The molecule has 2 amide bonds. The van der Waals surface area contributed by atoms with E-state index in [0.717, 1.165) is 22.3 Å². The first kappa shape index (κ1) is 17.2. The molecule has 122 valence electrons. The third kappa shape index (κ3) is 3.98. The van der Waals surface area contributed by atoms with Crippen LogP contribution in [0.4, 0.5) is 0 Å². The van der Waals surface area contributed by atoms with E-state index < -0.39 is 11.8 Å². The van der Waals surface area contributed by atoms with Crippen molar-refractivity contribution in [1.82, 2.24) is 0 Å². The molecule has 0 atom stereocenters. The van der Waals surface area contributed by atoms with Gasteiger partial charge in [0.2, 0.25) is 11.8 Å². The monoisotopic (exact) mass is 320 g/mol. The molecule has 4 nitrogen and oxygen atoms in total. The van der Waals surface area contributed by atoms with Crippen molar-refractivity contribution in [2.45, 2.75) is 12.8 Å². The number of amides is 2. The highest BCUT2D eigenvalue weighted by Gasteiger charge is 2.15. The lowest BCUT2D eigenvalue weighted by atomic mass is 9.88. The Kier molecular flexibility index (Phi) is 5.32.